The Labute approximate surface area is 153 Å². The number of aryl methyl sites for hydroxylation is 2. The zero-order chi connectivity index (χ0) is 19.3. The second kappa shape index (κ2) is 6.26. The van der Waals surface area contributed by atoms with Gasteiger partial charge >= 0.3 is 0 Å². The van der Waals surface area contributed by atoms with E-state index in [-0.39, 0.29) is 17.8 Å². The molecule has 1 aliphatic rings. The zero-order valence-corrected chi connectivity index (χ0v) is 14.8. The first kappa shape index (κ1) is 17.3. The van der Waals surface area contributed by atoms with Crippen LogP contribution in [0.1, 0.15) is 12.0 Å². The summed E-state index contributed by atoms with van der Waals surface area (Å²) >= 11 is 0. The van der Waals surface area contributed by atoms with Crippen molar-refractivity contribution in [2.75, 3.05) is 5.32 Å². The van der Waals surface area contributed by atoms with E-state index in [2.05, 4.69) is 10.3 Å². The van der Waals surface area contributed by atoms with E-state index in [0.29, 0.717) is 22.0 Å². The van der Waals surface area contributed by atoms with E-state index < -0.39 is 23.8 Å². The molecule has 0 aliphatic heterocycles. The third-order valence-corrected chi connectivity index (χ3v) is 4.90. The number of hydrogen-bond acceptors (Lipinski definition) is 3. The average Bonchev–Trinajstić information content (AvgIpc) is 3.37. The van der Waals surface area contributed by atoms with Crippen LogP contribution >= 0.6 is 0 Å². The van der Waals surface area contributed by atoms with Crippen LogP contribution in [0.3, 0.4) is 0 Å². The Morgan fingerprint density at radius 3 is 2.70 bits per heavy atom. The fourth-order valence-corrected chi connectivity index (χ4v) is 3.16. The summed E-state index contributed by atoms with van der Waals surface area (Å²) in [6, 6.07) is 7.55. The average molecular weight is 369 g/mol. The topological polar surface area (TPSA) is 64.0 Å². The van der Waals surface area contributed by atoms with Gasteiger partial charge in [0.1, 0.15) is 17.8 Å². The van der Waals surface area contributed by atoms with Crippen LogP contribution in [0.4, 0.5) is 14.6 Å². The van der Waals surface area contributed by atoms with Gasteiger partial charge in [-0.3, -0.25) is 9.59 Å². The highest BCUT2D eigenvalue weighted by Gasteiger charge is 2.43. The van der Waals surface area contributed by atoms with Gasteiger partial charge in [0.25, 0.3) is 5.56 Å². The summed E-state index contributed by atoms with van der Waals surface area (Å²) in [5.74, 6) is -1.19. The number of aromatic nitrogens is 2. The van der Waals surface area contributed by atoms with Crippen LogP contribution in [-0.2, 0) is 11.8 Å². The number of amides is 1. The number of hydrogen-bond donors (Lipinski definition) is 1. The molecule has 0 bridgehead atoms. The number of fused-ring (bicyclic) bond motifs is 1. The Hall–Kier alpha value is -3.09. The van der Waals surface area contributed by atoms with Gasteiger partial charge in [-0.15, -0.1) is 0 Å². The summed E-state index contributed by atoms with van der Waals surface area (Å²) in [5.41, 5.74) is 1.97. The molecule has 2 unspecified atom stereocenters. The lowest BCUT2D eigenvalue weighted by Gasteiger charge is -2.12. The first-order valence-corrected chi connectivity index (χ1v) is 8.56. The van der Waals surface area contributed by atoms with Gasteiger partial charge in [-0.25, -0.2) is 13.8 Å². The van der Waals surface area contributed by atoms with Crippen LogP contribution in [-0.4, -0.2) is 21.6 Å². The van der Waals surface area contributed by atoms with Crippen molar-refractivity contribution < 1.29 is 13.6 Å². The number of nitrogens with one attached hydrogen (secondary N) is 1. The second-order valence-corrected chi connectivity index (χ2v) is 6.86. The van der Waals surface area contributed by atoms with Gasteiger partial charge < -0.3 is 9.88 Å². The third-order valence-electron chi connectivity index (χ3n) is 4.90. The molecule has 2 atom stereocenters. The molecule has 0 saturated heterocycles. The number of pyridine rings is 2. The number of benzene rings is 1. The summed E-state index contributed by atoms with van der Waals surface area (Å²) in [6.07, 6.45) is 0.670. The number of anilines is 1. The van der Waals surface area contributed by atoms with Crippen LogP contribution in [0.25, 0.3) is 22.0 Å². The van der Waals surface area contributed by atoms with E-state index in [1.54, 1.807) is 25.2 Å². The molecule has 1 saturated carbocycles. The van der Waals surface area contributed by atoms with Crippen molar-refractivity contribution in [3.8, 4) is 11.1 Å². The SMILES string of the molecule is Cc1ccc(F)cc1-c1cc2cnc(NC(=O)C3CC3F)cc2n(C)c1=O. The smallest absolute Gasteiger partial charge is 0.258 e. The molecule has 2 aromatic heterocycles. The molecule has 27 heavy (non-hydrogen) atoms. The molecule has 7 heteroatoms. The molecular formula is C20H17F2N3O2. The first-order valence-electron chi connectivity index (χ1n) is 8.56. The molecule has 1 N–H and O–H groups in total. The van der Waals surface area contributed by atoms with E-state index in [1.165, 1.54) is 22.9 Å². The van der Waals surface area contributed by atoms with Gasteiger partial charge in [0.15, 0.2) is 0 Å². The minimum absolute atomic E-state index is 0.230. The molecule has 1 amide bonds. The largest absolute Gasteiger partial charge is 0.311 e. The Bertz CT molecular complexity index is 1140. The molecule has 0 spiro atoms. The number of carbonyl (C=O) groups is 1. The summed E-state index contributed by atoms with van der Waals surface area (Å²) < 4.78 is 28.1. The lowest BCUT2D eigenvalue weighted by atomic mass is 10.0. The van der Waals surface area contributed by atoms with Gasteiger partial charge in [-0.1, -0.05) is 6.07 Å². The minimum atomic E-state index is -1.09. The van der Waals surface area contributed by atoms with E-state index in [0.717, 1.165) is 5.56 Å². The highest BCUT2D eigenvalue weighted by atomic mass is 19.1. The summed E-state index contributed by atoms with van der Waals surface area (Å²) in [5, 5.41) is 3.25. The van der Waals surface area contributed by atoms with Gasteiger partial charge in [0.2, 0.25) is 5.91 Å². The maximum Gasteiger partial charge on any atom is 0.258 e. The maximum absolute atomic E-state index is 13.7. The molecule has 138 valence electrons. The highest BCUT2D eigenvalue weighted by Crippen LogP contribution is 2.34. The van der Waals surface area contributed by atoms with Crippen molar-refractivity contribution in [3.63, 3.8) is 0 Å². The van der Waals surface area contributed by atoms with Crippen molar-refractivity contribution in [2.45, 2.75) is 19.5 Å². The number of alkyl halides is 1. The molecule has 1 fully saturated rings. The molecular weight excluding hydrogens is 352 g/mol. The monoisotopic (exact) mass is 369 g/mol. The van der Waals surface area contributed by atoms with Crippen molar-refractivity contribution in [3.05, 3.63) is 58.3 Å². The van der Waals surface area contributed by atoms with Crippen molar-refractivity contribution in [1.82, 2.24) is 9.55 Å². The van der Waals surface area contributed by atoms with Gasteiger partial charge in [0.05, 0.1) is 11.4 Å². The van der Waals surface area contributed by atoms with E-state index in [9.17, 15) is 18.4 Å². The van der Waals surface area contributed by atoms with Crippen molar-refractivity contribution >= 4 is 22.6 Å². The summed E-state index contributed by atoms with van der Waals surface area (Å²) in [4.78, 5) is 28.9. The molecule has 4 rings (SSSR count). The fraction of sp³-hybridized carbons (Fsp3) is 0.250. The zero-order valence-electron chi connectivity index (χ0n) is 14.8. The van der Waals surface area contributed by atoms with Crippen LogP contribution < -0.4 is 10.9 Å². The number of rotatable bonds is 3. The Morgan fingerprint density at radius 2 is 2.00 bits per heavy atom. The summed E-state index contributed by atoms with van der Waals surface area (Å²) in [7, 11) is 1.60. The van der Waals surface area contributed by atoms with Crippen LogP contribution in [0.2, 0.25) is 0 Å². The third kappa shape index (κ3) is 3.09. The van der Waals surface area contributed by atoms with Gasteiger partial charge in [-0.05, 0) is 42.7 Å². The van der Waals surface area contributed by atoms with E-state index >= 15 is 0 Å². The van der Waals surface area contributed by atoms with Crippen molar-refractivity contribution in [2.24, 2.45) is 13.0 Å². The standard InChI is InChI=1S/C20H17F2N3O2/c1-10-3-4-12(21)6-13(10)14-5-11-9-23-18(8-17(11)25(2)20(14)27)24-19(26)15-7-16(15)22/h3-6,8-9,15-16H,7H2,1-2H3,(H,23,24,26). The van der Waals surface area contributed by atoms with E-state index in [1.807, 2.05) is 6.92 Å². The molecule has 2 heterocycles. The van der Waals surface area contributed by atoms with E-state index in [4.69, 9.17) is 0 Å². The number of nitrogens with zero attached hydrogens (tertiary/aromatic N) is 2. The summed E-state index contributed by atoms with van der Waals surface area (Å²) in [6.45, 7) is 1.81. The second-order valence-electron chi connectivity index (χ2n) is 6.86. The van der Waals surface area contributed by atoms with Crippen LogP contribution in [0.5, 0.6) is 0 Å². The number of halogens is 2. The Morgan fingerprint density at radius 1 is 1.26 bits per heavy atom. The lowest BCUT2D eigenvalue weighted by Crippen LogP contribution is -2.20. The lowest BCUT2D eigenvalue weighted by molar-refractivity contribution is -0.117. The highest BCUT2D eigenvalue weighted by molar-refractivity contribution is 5.95. The van der Waals surface area contributed by atoms with Gasteiger partial charge in [0, 0.05) is 30.3 Å². The molecule has 1 aromatic carbocycles. The predicted molar refractivity (Wildman–Crippen MR) is 98.7 cm³/mol. The first-order chi connectivity index (χ1) is 12.8. The van der Waals surface area contributed by atoms with Crippen LogP contribution in [0.15, 0.2) is 41.3 Å². The molecule has 1 aliphatic carbocycles. The van der Waals surface area contributed by atoms with Crippen molar-refractivity contribution in [1.29, 1.82) is 0 Å². The molecule has 3 aromatic rings. The quantitative estimate of drug-likeness (QED) is 0.770. The Balaban J connectivity index is 1.78. The number of carbonyl (C=O) groups excluding carboxylic acids is 1. The minimum Gasteiger partial charge on any atom is -0.311 e. The molecule has 5 nitrogen and oxygen atoms in total. The maximum atomic E-state index is 13.7. The van der Waals surface area contributed by atoms with Gasteiger partial charge in [-0.2, -0.15) is 0 Å². The normalized spacial score (nSPS) is 18.5. The molecule has 0 radical (unpaired) electrons. The Kier molecular flexibility index (Phi) is 4.02. The van der Waals surface area contributed by atoms with Crippen LogP contribution in [0, 0.1) is 18.7 Å². The predicted octanol–water partition coefficient (Wildman–Crippen LogP) is 3.34. The fourth-order valence-electron chi connectivity index (χ4n) is 3.16.